The normalized spacial score (nSPS) is 18.3. The summed E-state index contributed by atoms with van der Waals surface area (Å²) in [5.41, 5.74) is 3.69. The molecule has 2 aliphatic rings. The lowest BCUT2D eigenvalue weighted by atomic mass is 10.1. The molecule has 0 unspecified atom stereocenters. The highest BCUT2D eigenvalue weighted by Gasteiger charge is 2.23. The molecule has 0 fully saturated rings. The highest BCUT2D eigenvalue weighted by atomic mass is 16.1. The van der Waals surface area contributed by atoms with E-state index in [2.05, 4.69) is 24.8 Å². The first-order chi connectivity index (χ1) is 11.7. The number of fused-ring (bicyclic) bond motifs is 1. The molecule has 0 saturated heterocycles. The topological polar surface area (TPSA) is 90.0 Å². The van der Waals surface area contributed by atoms with Crippen LogP contribution in [0.4, 0.5) is 0 Å². The summed E-state index contributed by atoms with van der Waals surface area (Å²) in [6.07, 6.45) is 5.78. The van der Waals surface area contributed by atoms with Gasteiger partial charge >= 0.3 is 0 Å². The van der Waals surface area contributed by atoms with Gasteiger partial charge in [-0.25, -0.2) is 9.97 Å². The molecule has 0 radical (unpaired) electrons. The zero-order chi connectivity index (χ0) is 16.5. The third-order valence-electron chi connectivity index (χ3n) is 4.67. The Morgan fingerprint density at radius 1 is 1.25 bits per heavy atom. The average molecular weight is 326 g/mol. The maximum atomic E-state index is 12.5. The number of aryl methyl sites for hydroxylation is 1. The highest BCUT2D eigenvalue weighted by Crippen LogP contribution is 2.17. The third-order valence-corrected chi connectivity index (χ3v) is 4.67. The Kier molecular flexibility index (Phi) is 4.02. The molecule has 24 heavy (non-hydrogen) atoms. The van der Waals surface area contributed by atoms with Crippen molar-refractivity contribution in [2.45, 2.75) is 45.7 Å². The number of H-pyrrole nitrogens is 2. The quantitative estimate of drug-likeness (QED) is 0.890. The smallest absolute Gasteiger partial charge is 0.255 e. The number of hydrogen-bond acceptors (Lipinski definition) is 5. The van der Waals surface area contributed by atoms with Gasteiger partial charge in [0.15, 0.2) is 5.82 Å². The molecule has 4 heterocycles. The van der Waals surface area contributed by atoms with Gasteiger partial charge in [-0.3, -0.25) is 14.7 Å². The van der Waals surface area contributed by atoms with E-state index in [1.54, 1.807) is 0 Å². The molecule has 2 aromatic rings. The second kappa shape index (κ2) is 6.32. The minimum atomic E-state index is -0.0244. The molecule has 0 spiro atoms. The lowest BCUT2D eigenvalue weighted by Crippen LogP contribution is -2.36. The lowest BCUT2D eigenvalue weighted by molar-refractivity contribution is 0.236. The fraction of sp³-hybridized carbons (Fsp3) is 0.529. The summed E-state index contributed by atoms with van der Waals surface area (Å²) in [5.74, 6) is 1.61. The van der Waals surface area contributed by atoms with Gasteiger partial charge in [-0.2, -0.15) is 0 Å². The average Bonchev–Trinajstić information content (AvgIpc) is 3.01. The molecule has 0 atom stereocenters. The van der Waals surface area contributed by atoms with Crippen molar-refractivity contribution in [3.8, 4) is 0 Å². The van der Waals surface area contributed by atoms with Crippen LogP contribution in [0.1, 0.15) is 47.9 Å². The standard InChI is InChI=1S/C17H22N6O/c1-11-8-19-15(20-11)10-23-7-5-13-12(9-23)17(24)22-16(21-13)14-4-2-3-6-18-14/h8H,2-7,9-10H2,1H3,(H,19,20)(H,21,22,24). The highest BCUT2D eigenvalue weighted by molar-refractivity contribution is 5.97. The minimum absolute atomic E-state index is 0.0244. The molecule has 126 valence electrons. The van der Waals surface area contributed by atoms with Gasteiger partial charge in [0.2, 0.25) is 0 Å². The van der Waals surface area contributed by atoms with E-state index >= 15 is 0 Å². The summed E-state index contributed by atoms with van der Waals surface area (Å²) in [6.45, 7) is 5.05. The lowest BCUT2D eigenvalue weighted by Gasteiger charge is -2.27. The summed E-state index contributed by atoms with van der Waals surface area (Å²) in [7, 11) is 0. The van der Waals surface area contributed by atoms with Crippen LogP contribution in [-0.2, 0) is 19.5 Å². The molecule has 7 nitrogen and oxygen atoms in total. The molecule has 7 heteroatoms. The minimum Gasteiger partial charge on any atom is -0.345 e. The first-order valence-electron chi connectivity index (χ1n) is 8.57. The monoisotopic (exact) mass is 326 g/mol. The van der Waals surface area contributed by atoms with Gasteiger partial charge in [-0.15, -0.1) is 0 Å². The van der Waals surface area contributed by atoms with Gasteiger partial charge in [0.05, 0.1) is 23.5 Å². The fourth-order valence-electron chi connectivity index (χ4n) is 3.40. The van der Waals surface area contributed by atoms with Gasteiger partial charge in [0.1, 0.15) is 5.82 Å². The second-order valence-corrected chi connectivity index (χ2v) is 6.60. The number of imidazole rings is 1. The van der Waals surface area contributed by atoms with Crippen molar-refractivity contribution < 1.29 is 0 Å². The van der Waals surface area contributed by atoms with Crippen molar-refractivity contribution in [1.82, 2.24) is 24.8 Å². The molecule has 2 aliphatic heterocycles. The van der Waals surface area contributed by atoms with Gasteiger partial charge in [-0.05, 0) is 26.2 Å². The van der Waals surface area contributed by atoms with Gasteiger partial charge < -0.3 is 9.97 Å². The summed E-state index contributed by atoms with van der Waals surface area (Å²) >= 11 is 0. The zero-order valence-corrected chi connectivity index (χ0v) is 13.9. The van der Waals surface area contributed by atoms with E-state index in [-0.39, 0.29) is 5.56 Å². The molecular formula is C17H22N6O. The van der Waals surface area contributed by atoms with Crippen LogP contribution in [0, 0.1) is 6.92 Å². The van der Waals surface area contributed by atoms with Crippen molar-refractivity contribution in [3.05, 3.63) is 45.2 Å². The predicted molar refractivity (Wildman–Crippen MR) is 91.3 cm³/mol. The Labute approximate surface area is 140 Å². The molecular weight excluding hydrogens is 304 g/mol. The Hall–Kier alpha value is -2.28. The summed E-state index contributed by atoms with van der Waals surface area (Å²) < 4.78 is 0. The Morgan fingerprint density at radius 3 is 2.92 bits per heavy atom. The number of aliphatic imine (C=N–C) groups is 1. The van der Waals surface area contributed by atoms with Crippen molar-refractivity contribution in [2.24, 2.45) is 4.99 Å². The maximum absolute atomic E-state index is 12.5. The number of hydrogen-bond donors (Lipinski definition) is 2. The van der Waals surface area contributed by atoms with Crippen LogP contribution in [0.5, 0.6) is 0 Å². The molecule has 0 bridgehead atoms. The molecule has 0 amide bonds. The van der Waals surface area contributed by atoms with E-state index in [0.29, 0.717) is 12.4 Å². The van der Waals surface area contributed by atoms with Gasteiger partial charge in [-0.1, -0.05) is 0 Å². The Bertz CT molecular complexity index is 834. The van der Waals surface area contributed by atoms with Crippen molar-refractivity contribution in [1.29, 1.82) is 0 Å². The van der Waals surface area contributed by atoms with E-state index in [1.165, 1.54) is 0 Å². The molecule has 4 rings (SSSR count). The fourth-order valence-corrected chi connectivity index (χ4v) is 3.40. The summed E-state index contributed by atoms with van der Waals surface area (Å²) in [5, 5.41) is 0. The first-order valence-corrected chi connectivity index (χ1v) is 8.57. The van der Waals surface area contributed by atoms with Crippen molar-refractivity contribution in [3.63, 3.8) is 0 Å². The Balaban J connectivity index is 1.56. The van der Waals surface area contributed by atoms with E-state index in [4.69, 9.17) is 4.98 Å². The molecule has 0 aliphatic carbocycles. The van der Waals surface area contributed by atoms with E-state index in [0.717, 1.165) is 73.8 Å². The SMILES string of the molecule is Cc1cnc(CN2CCc3nc(C4=NCCCC4)[nH]c(=O)c3C2)[nH]1. The van der Waals surface area contributed by atoms with Crippen molar-refractivity contribution >= 4 is 5.71 Å². The van der Waals surface area contributed by atoms with Crippen LogP contribution < -0.4 is 5.56 Å². The van der Waals surface area contributed by atoms with Gasteiger partial charge in [0.25, 0.3) is 5.56 Å². The van der Waals surface area contributed by atoms with Crippen LogP contribution in [0.25, 0.3) is 0 Å². The first kappa shape index (κ1) is 15.3. The second-order valence-electron chi connectivity index (χ2n) is 6.60. The van der Waals surface area contributed by atoms with Crippen LogP contribution in [0.2, 0.25) is 0 Å². The van der Waals surface area contributed by atoms with Crippen LogP contribution >= 0.6 is 0 Å². The van der Waals surface area contributed by atoms with Crippen LogP contribution in [0.15, 0.2) is 16.0 Å². The Morgan fingerprint density at radius 2 is 2.17 bits per heavy atom. The third kappa shape index (κ3) is 3.03. The number of aromatic amines is 2. The molecule has 0 saturated carbocycles. The van der Waals surface area contributed by atoms with E-state index < -0.39 is 0 Å². The van der Waals surface area contributed by atoms with Gasteiger partial charge in [0, 0.05) is 37.9 Å². The molecule has 0 aromatic carbocycles. The number of aromatic nitrogens is 4. The predicted octanol–water partition coefficient (Wildman–Crippen LogP) is 1.33. The number of rotatable bonds is 3. The largest absolute Gasteiger partial charge is 0.345 e. The number of nitrogens with zero attached hydrogens (tertiary/aromatic N) is 4. The zero-order valence-electron chi connectivity index (χ0n) is 13.9. The molecule has 2 aromatic heterocycles. The van der Waals surface area contributed by atoms with E-state index in [9.17, 15) is 4.79 Å². The summed E-state index contributed by atoms with van der Waals surface area (Å²) in [4.78, 5) is 34.5. The number of nitrogens with one attached hydrogen (secondary N) is 2. The van der Waals surface area contributed by atoms with E-state index in [1.807, 2.05) is 13.1 Å². The molecule has 2 N–H and O–H groups in total. The summed E-state index contributed by atoms with van der Waals surface area (Å²) in [6, 6.07) is 0. The van der Waals surface area contributed by atoms with Crippen molar-refractivity contribution in [2.75, 3.05) is 13.1 Å². The van der Waals surface area contributed by atoms with Crippen LogP contribution in [-0.4, -0.2) is 43.6 Å². The maximum Gasteiger partial charge on any atom is 0.255 e. The van der Waals surface area contributed by atoms with Crippen LogP contribution in [0.3, 0.4) is 0 Å².